The van der Waals surface area contributed by atoms with E-state index in [-0.39, 0.29) is 12.3 Å². The average Bonchev–Trinajstić information content (AvgIpc) is 2.40. The van der Waals surface area contributed by atoms with Crippen LogP contribution in [0.25, 0.3) is 0 Å². The van der Waals surface area contributed by atoms with Gasteiger partial charge in [0.2, 0.25) is 0 Å². The molecule has 0 aromatic carbocycles. The van der Waals surface area contributed by atoms with Crippen LogP contribution in [0.3, 0.4) is 0 Å². The normalized spacial score (nSPS) is 24.7. The molecule has 1 aliphatic rings. The quantitative estimate of drug-likeness (QED) is 0.393. The number of esters is 2. The number of cyclic esters (lactones) is 2. The minimum Gasteiger partial charge on any atom is -0.393 e. The zero-order chi connectivity index (χ0) is 10.7. The predicted octanol–water partition coefficient (Wildman–Crippen LogP) is 1.92. The SMILES string of the molecule is CC(C)C(C)C=CC1CC(=O)OC1=O. The highest BCUT2D eigenvalue weighted by molar-refractivity contribution is 5.95. The molecule has 0 radical (unpaired) electrons. The molecule has 78 valence electrons. The molecule has 0 N–H and O–H groups in total. The molecular weight excluding hydrogens is 180 g/mol. The van der Waals surface area contributed by atoms with Gasteiger partial charge in [0.05, 0.1) is 12.3 Å². The van der Waals surface area contributed by atoms with Gasteiger partial charge in [0.25, 0.3) is 0 Å². The predicted molar refractivity (Wildman–Crippen MR) is 52.3 cm³/mol. The second-order valence-corrected chi connectivity index (χ2v) is 4.09. The molecule has 0 saturated carbocycles. The molecule has 0 spiro atoms. The van der Waals surface area contributed by atoms with E-state index in [0.717, 1.165) is 0 Å². The largest absolute Gasteiger partial charge is 0.393 e. The first-order chi connectivity index (χ1) is 6.50. The Kier molecular flexibility index (Phi) is 3.44. The van der Waals surface area contributed by atoms with Crippen LogP contribution in [0.1, 0.15) is 27.2 Å². The summed E-state index contributed by atoms with van der Waals surface area (Å²) >= 11 is 0. The van der Waals surface area contributed by atoms with Crippen LogP contribution in [0.2, 0.25) is 0 Å². The third-order valence-electron chi connectivity index (χ3n) is 2.60. The molecule has 0 amide bonds. The Morgan fingerprint density at radius 2 is 2.00 bits per heavy atom. The number of allylic oxidation sites excluding steroid dienone is 1. The van der Waals surface area contributed by atoms with E-state index in [1.807, 2.05) is 6.08 Å². The monoisotopic (exact) mass is 196 g/mol. The Hall–Kier alpha value is -1.12. The lowest BCUT2D eigenvalue weighted by Crippen LogP contribution is -2.06. The molecule has 3 nitrogen and oxygen atoms in total. The van der Waals surface area contributed by atoms with Crippen molar-refractivity contribution in [2.75, 3.05) is 0 Å². The molecular formula is C11H16O3. The Morgan fingerprint density at radius 1 is 1.36 bits per heavy atom. The zero-order valence-electron chi connectivity index (χ0n) is 8.82. The number of ether oxygens (including phenoxy) is 1. The summed E-state index contributed by atoms with van der Waals surface area (Å²) in [7, 11) is 0. The van der Waals surface area contributed by atoms with Crippen molar-refractivity contribution in [2.24, 2.45) is 17.8 Å². The van der Waals surface area contributed by atoms with Gasteiger partial charge in [0, 0.05) is 0 Å². The van der Waals surface area contributed by atoms with Crippen LogP contribution in [0, 0.1) is 17.8 Å². The standard InChI is InChI=1S/C11H16O3/c1-7(2)8(3)4-5-9-6-10(12)14-11(9)13/h4-5,7-9H,6H2,1-3H3. The van der Waals surface area contributed by atoms with Crippen LogP contribution in [0.4, 0.5) is 0 Å². The third kappa shape index (κ3) is 2.69. The van der Waals surface area contributed by atoms with Gasteiger partial charge < -0.3 is 4.74 Å². The highest BCUT2D eigenvalue weighted by atomic mass is 16.6. The maximum absolute atomic E-state index is 11.1. The number of hydrogen-bond donors (Lipinski definition) is 0. The molecule has 2 unspecified atom stereocenters. The van der Waals surface area contributed by atoms with E-state index >= 15 is 0 Å². The van der Waals surface area contributed by atoms with E-state index < -0.39 is 11.9 Å². The molecule has 0 bridgehead atoms. The van der Waals surface area contributed by atoms with Gasteiger partial charge in [-0.15, -0.1) is 0 Å². The second-order valence-electron chi connectivity index (χ2n) is 4.09. The lowest BCUT2D eigenvalue weighted by atomic mass is 9.95. The minimum absolute atomic E-state index is 0.195. The highest BCUT2D eigenvalue weighted by Crippen LogP contribution is 2.19. The molecule has 1 saturated heterocycles. The van der Waals surface area contributed by atoms with Crippen molar-refractivity contribution in [3.8, 4) is 0 Å². The Labute approximate surface area is 84.1 Å². The fraction of sp³-hybridized carbons (Fsp3) is 0.636. The lowest BCUT2D eigenvalue weighted by Gasteiger charge is -2.09. The smallest absolute Gasteiger partial charge is 0.321 e. The molecule has 0 aromatic rings. The number of rotatable bonds is 3. The van der Waals surface area contributed by atoms with E-state index in [2.05, 4.69) is 25.5 Å². The highest BCUT2D eigenvalue weighted by Gasteiger charge is 2.31. The minimum atomic E-state index is -0.415. The van der Waals surface area contributed by atoms with E-state index in [4.69, 9.17) is 0 Å². The third-order valence-corrected chi connectivity index (χ3v) is 2.60. The molecule has 1 rings (SSSR count). The Bertz CT molecular complexity index is 266. The molecule has 0 aliphatic carbocycles. The van der Waals surface area contributed by atoms with Gasteiger partial charge >= 0.3 is 11.9 Å². The molecule has 2 atom stereocenters. The van der Waals surface area contributed by atoms with Gasteiger partial charge in [-0.05, 0) is 11.8 Å². The van der Waals surface area contributed by atoms with Crippen LogP contribution in [-0.4, -0.2) is 11.9 Å². The van der Waals surface area contributed by atoms with Crippen LogP contribution < -0.4 is 0 Å². The van der Waals surface area contributed by atoms with Crippen molar-refractivity contribution < 1.29 is 14.3 Å². The van der Waals surface area contributed by atoms with Crippen molar-refractivity contribution in [1.82, 2.24) is 0 Å². The summed E-state index contributed by atoms with van der Waals surface area (Å²) in [6, 6.07) is 0. The van der Waals surface area contributed by atoms with Crippen molar-refractivity contribution in [2.45, 2.75) is 27.2 Å². The second kappa shape index (κ2) is 4.40. The van der Waals surface area contributed by atoms with Gasteiger partial charge in [-0.3, -0.25) is 9.59 Å². The summed E-state index contributed by atoms with van der Waals surface area (Å²) in [4.78, 5) is 21.8. The number of carbonyl (C=O) groups excluding carboxylic acids is 2. The van der Waals surface area contributed by atoms with Crippen LogP contribution in [0.5, 0.6) is 0 Å². The van der Waals surface area contributed by atoms with Crippen molar-refractivity contribution in [3.05, 3.63) is 12.2 Å². The Balaban J connectivity index is 2.52. The summed E-state index contributed by atoms with van der Waals surface area (Å²) in [6.07, 6.45) is 3.97. The van der Waals surface area contributed by atoms with E-state index in [1.54, 1.807) is 6.08 Å². The van der Waals surface area contributed by atoms with Crippen LogP contribution in [0.15, 0.2) is 12.2 Å². The summed E-state index contributed by atoms with van der Waals surface area (Å²) < 4.78 is 4.44. The maximum atomic E-state index is 11.1. The number of carbonyl (C=O) groups is 2. The zero-order valence-corrected chi connectivity index (χ0v) is 8.82. The summed E-state index contributed by atoms with van der Waals surface area (Å²) in [5.41, 5.74) is 0. The molecule has 1 heterocycles. The van der Waals surface area contributed by atoms with Crippen molar-refractivity contribution in [3.63, 3.8) is 0 Å². The molecule has 1 fully saturated rings. The van der Waals surface area contributed by atoms with Gasteiger partial charge in [-0.1, -0.05) is 32.9 Å². The van der Waals surface area contributed by atoms with Crippen molar-refractivity contribution in [1.29, 1.82) is 0 Å². The van der Waals surface area contributed by atoms with E-state index in [1.165, 1.54) is 0 Å². The first-order valence-corrected chi connectivity index (χ1v) is 4.93. The van der Waals surface area contributed by atoms with Crippen LogP contribution in [-0.2, 0) is 14.3 Å². The van der Waals surface area contributed by atoms with Crippen molar-refractivity contribution >= 4 is 11.9 Å². The maximum Gasteiger partial charge on any atom is 0.321 e. The molecule has 3 heteroatoms. The van der Waals surface area contributed by atoms with Gasteiger partial charge in [-0.2, -0.15) is 0 Å². The number of hydrogen-bond acceptors (Lipinski definition) is 3. The molecule has 1 aliphatic heterocycles. The fourth-order valence-corrected chi connectivity index (χ4v) is 1.17. The van der Waals surface area contributed by atoms with Gasteiger partial charge in [0.1, 0.15) is 0 Å². The first-order valence-electron chi connectivity index (χ1n) is 4.93. The van der Waals surface area contributed by atoms with Gasteiger partial charge in [0.15, 0.2) is 0 Å². The molecule has 0 aromatic heterocycles. The van der Waals surface area contributed by atoms with Crippen LogP contribution >= 0.6 is 0 Å². The average molecular weight is 196 g/mol. The molecule has 14 heavy (non-hydrogen) atoms. The first kappa shape index (κ1) is 11.0. The lowest BCUT2D eigenvalue weighted by molar-refractivity contribution is -0.152. The summed E-state index contributed by atoms with van der Waals surface area (Å²) in [5, 5.41) is 0. The fourth-order valence-electron chi connectivity index (χ4n) is 1.17. The summed E-state index contributed by atoms with van der Waals surface area (Å²) in [6.45, 7) is 6.32. The van der Waals surface area contributed by atoms with Gasteiger partial charge in [-0.25, -0.2) is 0 Å². The van der Waals surface area contributed by atoms with E-state index in [0.29, 0.717) is 11.8 Å². The summed E-state index contributed by atoms with van der Waals surface area (Å²) in [5.74, 6) is -0.231. The van der Waals surface area contributed by atoms with E-state index in [9.17, 15) is 9.59 Å². The topological polar surface area (TPSA) is 43.4 Å². The Morgan fingerprint density at radius 3 is 2.43 bits per heavy atom.